The fourth-order valence-electron chi connectivity index (χ4n) is 4.21. The lowest BCUT2D eigenvalue weighted by molar-refractivity contribution is 0.818. The third-order valence-corrected chi connectivity index (χ3v) is 5.44. The molecule has 1 aromatic heterocycles. The second-order valence-electron chi connectivity index (χ2n) is 7.09. The molecule has 1 unspecified atom stereocenters. The van der Waals surface area contributed by atoms with Crippen molar-refractivity contribution in [2.75, 3.05) is 0 Å². The molecule has 1 heteroatoms. The van der Waals surface area contributed by atoms with Crippen LogP contribution >= 0.6 is 0 Å². The van der Waals surface area contributed by atoms with Crippen LogP contribution in [0.1, 0.15) is 34.7 Å². The van der Waals surface area contributed by atoms with Gasteiger partial charge in [0.2, 0.25) is 0 Å². The zero-order valence-corrected chi connectivity index (χ0v) is 14.9. The van der Waals surface area contributed by atoms with Crippen molar-refractivity contribution in [3.05, 3.63) is 107 Å². The summed E-state index contributed by atoms with van der Waals surface area (Å²) in [5, 5.41) is 1.36. The van der Waals surface area contributed by atoms with Gasteiger partial charge in [-0.15, -0.1) is 0 Å². The molecule has 1 aliphatic carbocycles. The van der Waals surface area contributed by atoms with Crippen LogP contribution in [0.2, 0.25) is 0 Å². The molecule has 0 saturated heterocycles. The molecule has 0 bridgehead atoms. The first-order valence-corrected chi connectivity index (χ1v) is 9.25. The van der Waals surface area contributed by atoms with Crippen LogP contribution in [0, 0.1) is 6.92 Å². The number of hydrogen-bond donors (Lipinski definition) is 0. The van der Waals surface area contributed by atoms with Crippen LogP contribution in [0.4, 0.5) is 0 Å². The van der Waals surface area contributed by atoms with Crippen LogP contribution in [0.15, 0.2) is 84.9 Å². The highest BCUT2D eigenvalue weighted by Gasteiger charge is 2.26. The summed E-state index contributed by atoms with van der Waals surface area (Å²) in [4.78, 5) is 0. The van der Waals surface area contributed by atoms with Gasteiger partial charge in [-0.3, -0.25) is 0 Å². The highest BCUT2D eigenvalue weighted by atomic mass is 15.0. The van der Waals surface area contributed by atoms with Crippen LogP contribution in [-0.4, -0.2) is 4.57 Å². The number of fused-ring (bicyclic) bond motifs is 3. The number of benzene rings is 3. The number of aromatic nitrogens is 1. The maximum Gasteiger partial charge on any atom is 0.0537 e. The molecule has 0 aliphatic heterocycles. The molecule has 5 rings (SSSR count). The summed E-state index contributed by atoms with van der Waals surface area (Å²) in [6.45, 7) is 2.15. The topological polar surface area (TPSA) is 4.93 Å². The number of rotatable bonds is 2. The third kappa shape index (κ3) is 2.32. The van der Waals surface area contributed by atoms with E-state index in [0.29, 0.717) is 5.92 Å². The van der Waals surface area contributed by atoms with Gasteiger partial charge in [-0.2, -0.15) is 0 Å². The van der Waals surface area contributed by atoms with E-state index in [1.165, 1.54) is 39.0 Å². The number of para-hydroxylation sites is 2. The summed E-state index contributed by atoms with van der Waals surface area (Å²) in [6.07, 6.45) is 5.68. The van der Waals surface area contributed by atoms with E-state index in [4.69, 9.17) is 0 Å². The zero-order chi connectivity index (χ0) is 17.5. The van der Waals surface area contributed by atoms with Crippen molar-refractivity contribution < 1.29 is 0 Å². The van der Waals surface area contributed by atoms with Gasteiger partial charge in [0.25, 0.3) is 0 Å². The monoisotopic (exact) mass is 335 g/mol. The van der Waals surface area contributed by atoms with E-state index in [2.05, 4.69) is 103 Å². The van der Waals surface area contributed by atoms with E-state index in [0.717, 1.165) is 6.42 Å². The van der Waals surface area contributed by atoms with Gasteiger partial charge in [0.15, 0.2) is 0 Å². The molecule has 0 radical (unpaired) electrons. The highest BCUT2D eigenvalue weighted by Crippen LogP contribution is 2.42. The van der Waals surface area contributed by atoms with E-state index in [1.54, 1.807) is 0 Å². The lowest BCUT2D eigenvalue weighted by atomic mass is 9.83. The first-order valence-electron chi connectivity index (χ1n) is 9.25. The quantitative estimate of drug-likeness (QED) is 0.395. The Hall–Kier alpha value is -3.06. The summed E-state index contributed by atoms with van der Waals surface area (Å²) in [5.41, 5.74) is 7.99. The fourth-order valence-corrected chi connectivity index (χ4v) is 4.21. The molecule has 0 spiro atoms. The molecule has 0 N–H and O–H groups in total. The molecule has 1 aliphatic rings. The minimum atomic E-state index is 0.408. The van der Waals surface area contributed by atoms with Crippen molar-refractivity contribution in [2.24, 2.45) is 0 Å². The molecule has 3 aromatic carbocycles. The van der Waals surface area contributed by atoms with Crippen LogP contribution in [0.5, 0.6) is 0 Å². The largest absolute Gasteiger partial charge is 0.310 e. The van der Waals surface area contributed by atoms with Crippen LogP contribution in [0.3, 0.4) is 0 Å². The Morgan fingerprint density at radius 1 is 0.808 bits per heavy atom. The predicted molar refractivity (Wildman–Crippen MR) is 110 cm³/mol. The summed E-state index contributed by atoms with van der Waals surface area (Å²) < 4.78 is 2.40. The summed E-state index contributed by atoms with van der Waals surface area (Å²) in [5.74, 6) is 0.408. The maximum absolute atomic E-state index is 2.40. The Morgan fingerprint density at radius 3 is 2.35 bits per heavy atom. The van der Waals surface area contributed by atoms with Crippen molar-refractivity contribution in [3.63, 3.8) is 0 Å². The molecule has 26 heavy (non-hydrogen) atoms. The molecule has 1 nitrogen and oxygen atoms in total. The molecule has 1 atom stereocenters. The smallest absolute Gasteiger partial charge is 0.0537 e. The SMILES string of the molecule is Cc1ccc(C2CC=Cc3c2c2ccccc2n3-c2ccccc2)cc1. The summed E-state index contributed by atoms with van der Waals surface area (Å²) in [7, 11) is 0. The van der Waals surface area contributed by atoms with E-state index >= 15 is 0 Å². The average molecular weight is 335 g/mol. The first-order chi connectivity index (χ1) is 12.8. The molecular weight excluding hydrogens is 314 g/mol. The van der Waals surface area contributed by atoms with Crippen molar-refractivity contribution in [2.45, 2.75) is 19.3 Å². The summed E-state index contributed by atoms with van der Waals surface area (Å²) >= 11 is 0. The third-order valence-electron chi connectivity index (χ3n) is 5.44. The maximum atomic E-state index is 2.40. The van der Waals surface area contributed by atoms with Crippen LogP contribution < -0.4 is 0 Å². The van der Waals surface area contributed by atoms with Gasteiger partial charge >= 0.3 is 0 Å². The van der Waals surface area contributed by atoms with Gasteiger partial charge in [0, 0.05) is 17.0 Å². The predicted octanol–water partition coefficient (Wildman–Crippen LogP) is 6.49. The Kier molecular flexibility index (Phi) is 3.53. The minimum Gasteiger partial charge on any atom is -0.310 e. The molecule has 1 heterocycles. The van der Waals surface area contributed by atoms with Gasteiger partial charge < -0.3 is 4.57 Å². The van der Waals surface area contributed by atoms with Gasteiger partial charge in [-0.25, -0.2) is 0 Å². The number of allylic oxidation sites excluding steroid dienone is 1. The molecule has 0 amide bonds. The van der Waals surface area contributed by atoms with E-state index in [-0.39, 0.29) is 0 Å². The van der Waals surface area contributed by atoms with E-state index in [9.17, 15) is 0 Å². The number of aryl methyl sites for hydroxylation is 1. The first kappa shape index (κ1) is 15.2. The van der Waals surface area contributed by atoms with E-state index in [1.807, 2.05) is 0 Å². The fraction of sp³-hybridized carbons (Fsp3) is 0.120. The van der Waals surface area contributed by atoms with Crippen molar-refractivity contribution >= 4 is 17.0 Å². The minimum absolute atomic E-state index is 0.408. The van der Waals surface area contributed by atoms with Crippen molar-refractivity contribution in [1.82, 2.24) is 4.57 Å². The Labute approximate surface area is 154 Å². The van der Waals surface area contributed by atoms with Gasteiger partial charge in [0.05, 0.1) is 11.2 Å². The van der Waals surface area contributed by atoms with Gasteiger partial charge in [-0.05, 0) is 48.7 Å². The number of nitrogens with zero attached hydrogens (tertiary/aromatic N) is 1. The molecule has 0 saturated carbocycles. The van der Waals surface area contributed by atoms with Crippen LogP contribution in [0.25, 0.3) is 22.7 Å². The Bertz CT molecular complexity index is 1100. The Morgan fingerprint density at radius 2 is 1.54 bits per heavy atom. The summed E-state index contributed by atoms with van der Waals surface area (Å²) in [6, 6.07) is 28.5. The second kappa shape index (κ2) is 6.03. The standard InChI is InChI=1S/C25H21N/c1-18-14-16-19(17-15-18)21-11-7-13-24-25(21)22-10-5-6-12-23(22)26(24)20-8-3-2-4-9-20/h2-10,12-17,21H,11H2,1H3. The zero-order valence-electron chi connectivity index (χ0n) is 14.9. The molecular formula is C25H21N. The van der Waals surface area contributed by atoms with Gasteiger partial charge in [-0.1, -0.05) is 72.3 Å². The van der Waals surface area contributed by atoms with Crippen molar-refractivity contribution in [1.29, 1.82) is 0 Å². The van der Waals surface area contributed by atoms with Crippen molar-refractivity contribution in [3.8, 4) is 5.69 Å². The normalized spacial score (nSPS) is 16.0. The van der Waals surface area contributed by atoms with E-state index < -0.39 is 0 Å². The molecule has 0 fully saturated rings. The Balaban J connectivity index is 1.80. The second-order valence-corrected chi connectivity index (χ2v) is 7.09. The number of hydrogen-bond acceptors (Lipinski definition) is 0. The lowest BCUT2D eigenvalue weighted by Crippen LogP contribution is -2.07. The average Bonchev–Trinajstić information content (AvgIpc) is 3.04. The van der Waals surface area contributed by atoms with Crippen LogP contribution in [-0.2, 0) is 0 Å². The molecule has 4 aromatic rings. The van der Waals surface area contributed by atoms with Gasteiger partial charge in [0.1, 0.15) is 0 Å². The molecule has 126 valence electrons. The highest BCUT2D eigenvalue weighted by molar-refractivity contribution is 5.91. The lowest BCUT2D eigenvalue weighted by Gasteiger charge is -2.21.